The van der Waals surface area contributed by atoms with Crippen LogP contribution in [0.25, 0.3) is 0 Å². The van der Waals surface area contributed by atoms with Crippen LogP contribution >= 0.6 is 0 Å². The Morgan fingerprint density at radius 1 is 1.64 bits per heavy atom. The highest BCUT2D eigenvalue weighted by atomic mass is 16.5. The van der Waals surface area contributed by atoms with Gasteiger partial charge in [0, 0.05) is 6.61 Å². The third-order valence-corrected chi connectivity index (χ3v) is 1.98. The molecular formula is C8H17NO2. The zero-order valence-electron chi connectivity index (χ0n) is 7.05. The van der Waals surface area contributed by atoms with Crippen molar-refractivity contribution in [1.82, 2.24) is 5.32 Å². The normalized spacial score (nSPS) is 28.4. The summed E-state index contributed by atoms with van der Waals surface area (Å²) in [6.45, 7) is 3.57. The average Bonchev–Trinajstić information content (AvgIpc) is 2.07. The van der Waals surface area contributed by atoms with Gasteiger partial charge < -0.3 is 9.84 Å². The van der Waals surface area contributed by atoms with E-state index < -0.39 is 6.23 Å². The van der Waals surface area contributed by atoms with E-state index in [1.54, 1.807) is 0 Å². The molecule has 1 saturated heterocycles. The van der Waals surface area contributed by atoms with Gasteiger partial charge >= 0.3 is 0 Å². The largest absolute Gasteiger partial charge is 0.376 e. The van der Waals surface area contributed by atoms with Gasteiger partial charge in [0.05, 0.1) is 6.10 Å². The second kappa shape index (κ2) is 4.70. The molecule has 0 bridgehead atoms. The molecule has 3 nitrogen and oxygen atoms in total. The summed E-state index contributed by atoms with van der Waals surface area (Å²) in [7, 11) is 0. The maximum Gasteiger partial charge on any atom is 0.131 e. The maximum absolute atomic E-state index is 9.44. The molecule has 0 aliphatic carbocycles. The zero-order chi connectivity index (χ0) is 8.10. The molecule has 0 aromatic heterocycles. The molecule has 1 fully saturated rings. The van der Waals surface area contributed by atoms with Gasteiger partial charge in [-0.05, 0) is 25.8 Å². The van der Waals surface area contributed by atoms with Crippen LogP contribution in [0.4, 0.5) is 0 Å². The van der Waals surface area contributed by atoms with Crippen molar-refractivity contribution in [1.29, 1.82) is 0 Å². The Morgan fingerprint density at radius 2 is 2.45 bits per heavy atom. The highest BCUT2D eigenvalue weighted by Crippen LogP contribution is 2.14. The minimum atomic E-state index is -0.472. The topological polar surface area (TPSA) is 41.5 Å². The number of rotatable bonds is 3. The Balaban J connectivity index is 2.21. The van der Waals surface area contributed by atoms with Gasteiger partial charge in [-0.1, -0.05) is 6.92 Å². The van der Waals surface area contributed by atoms with Gasteiger partial charge in [0.25, 0.3) is 0 Å². The predicted octanol–water partition coefficient (Wildman–Crippen LogP) is 0.483. The van der Waals surface area contributed by atoms with Crippen molar-refractivity contribution >= 4 is 0 Å². The number of ether oxygens (including phenoxy) is 1. The van der Waals surface area contributed by atoms with Crippen LogP contribution in [0.1, 0.15) is 26.2 Å². The SMILES string of the molecule is CCNC(O)C1CCCCO1. The molecule has 1 aliphatic rings. The van der Waals surface area contributed by atoms with Crippen LogP contribution < -0.4 is 5.32 Å². The van der Waals surface area contributed by atoms with E-state index in [-0.39, 0.29) is 6.10 Å². The van der Waals surface area contributed by atoms with Gasteiger partial charge in [0.1, 0.15) is 6.23 Å². The highest BCUT2D eigenvalue weighted by molar-refractivity contribution is 4.69. The Hall–Kier alpha value is -0.120. The summed E-state index contributed by atoms with van der Waals surface area (Å²) in [5, 5.41) is 12.4. The molecule has 3 heteroatoms. The first-order chi connectivity index (χ1) is 5.34. The molecule has 0 amide bonds. The lowest BCUT2D eigenvalue weighted by Gasteiger charge is -2.27. The molecule has 1 aliphatic heterocycles. The van der Waals surface area contributed by atoms with Crippen LogP contribution in [0, 0.1) is 0 Å². The maximum atomic E-state index is 9.44. The van der Waals surface area contributed by atoms with E-state index in [0.717, 1.165) is 26.0 Å². The summed E-state index contributed by atoms with van der Waals surface area (Å²) < 4.78 is 5.38. The summed E-state index contributed by atoms with van der Waals surface area (Å²) in [6, 6.07) is 0. The van der Waals surface area contributed by atoms with Crippen molar-refractivity contribution in [2.75, 3.05) is 13.2 Å². The predicted molar refractivity (Wildman–Crippen MR) is 43.3 cm³/mol. The molecule has 1 rings (SSSR count). The third kappa shape index (κ3) is 2.77. The van der Waals surface area contributed by atoms with Gasteiger partial charge in [-0.15, -0.1) is 0 Å². The fraction of sp³-hybridized carbons (Fsp3) is 1.00. The van der Waals surface area contributed by atoms with Gasteiger partial charge in [-0.25, -0.2) is 0 Å². The Labute approximate surface area is 67.7 Å². The fourth-order valence-corrected chi connectivity index (χ4v) is 1.36. The summed E-state index contributed by atoms with van der Waals surface area (Å²) >= 11 is 0. The summed E-state index contributed by atoms with van der Waals surface area (Å²) in [5.41, 5.74) is 0. The van der Waals surface area contributed by atoms with E-state index in [1.165, 1.54) is 6.42 Å². The summed E-state index contributed by atoms with van der Waals surface area (Å²) in [6.07, 6.45) is 2.83. The van der Waals surface area contributed by atoms with Crippen molar-refractivity contribution in [2.24, 2.45) is 0 Å². The number of hydrogen-bond donors (Lipinski definition) is 2. The quantitative estimate of drug-likeness (QED) is 0.589. The summed E-state index contributed by atoms with van der Waals surface area (Å²) in [5.74, 6) is 0. The van der Waals surface area contributed by atoms with Gasteiger partial charge in [0.2, 0.25) is 0 Å². The van der Waals surface area contributed by atoms with Crippen molar-refractivity contribution in [2.45, 2.75) is 38.5 Å². The zero-order valence-corrected chi connectivity index (χ0v) is 7.05. The molecule has 2 unspecified atom stereocenters. The van der Waals surface area contributed by atoms with Crippen LogP contribution in [-0.4, -0.2) is 30.6 Å². The molecule has 11 heavy (non-hydrogen) atoms. The Kier molecular flexibility index (Phi) is 3.83. The van der Waals surface area contributed by atoms with Gasteiger partial charge in [0.15, 0.2) is 0 Å². The van der Waals surface area contributed by atoms with E-state index in [2.05, 4.69) is 5.32 Å². The minimum Gasteiger partial charge on any atom is -0.376 e. The van der Waals surface area contributed by atoms with Crippen LogP contribution in [0.15, 0.2) is 0 Å². The van der Waals surface area contributed by atoms with Crippen molar-refractivity contribution in [3.05, 3.63) is 0 Å². The van der Waals surface area contributed by atoms with E-state index >= 15 is 0 Å². The molecule has 0 aromatic carbocycles. The van der Waals surface area contributed by atoms with Crippen molar-refractivity contribution < 1.29 is 9.84 Å². The standard InChI is InChI=1S/C8H17NO2/c1-2-9-8(10)7-5-3-4-6-11-7/h7-10H,2-6H2,1H3. The minimum absolute atomic E-state index is 0.0173. The molecule has 0 spiro atoms. The second-order valence-electron chi connectivity index (χ2n) is 2.91. The molecular weight excluding hydrogens is 142 g/mol. The Bertz CT molecular complexity index is 102. The van der Waals surface area contributed by atoms with E-state index in [0.29, 0.717) is 0 Å². The van der Waals surface area contributed by atoms with Crippen molar-refractivity contribution in [3.8, 4) is 0 Å². The first-order valence-corrected chi connectivity index (χ1v) is 4.37. The lowest BCUT2D eigenvalue weighted by molar-refractivity contribution is -0.0734. The number of likely N-dealkylation sites (N-methyl/N-ethyl adjacent to an activating group) is 1. The molecule has 2 atom stereocenters. The number of aliphatic hydroxyl groups is 1. The molecule has 0 radical (unpaired) electrons. The van der Waals surface area contributed by atoms with Gasteiger partial charge in [-0.2, -0.15) is 0 Å². The van der Waals surface area contributed by atoms with E-state index in [1.807, 2.05) is 6.92 Å². The molecule has 1 heterocycles. The van der Waals surface area contributed by atoms with Crippen LogP contribution in [0.3, 0.4) is 0 Å². The highest BCUT2D eigenvalue weighted by Gasteiger charge is 2.20. The smallest absolute Gasteiger partial charge is 0.131 e. The lowest BCUT2D eigenvalue weighted by Crippen LogP contribution is -2.42. The average molecular weight is 159 g/mol. The number of hydrogen-bond acceptors (Lipinski definition) is 3. The number of aliphatic hydroxyl groups excluding tert-OH is 1. The van der Waals surface area contributed by atoms with E-state index in [9.17, 15) is 5.11 Å². The first-order valence-electron chi connectivity index (χ1n) is 4.37. The first kappa shape index (κ1) is 8.97. The fourth-order valence-electron chi connectivity index (χ4n) is 1.36. The second-order valence-corrected chi connectivity index (χ2v) is 2.91. The molecule has 0 aromatic rings. The van der Waals surface area contributed by atoms with Crippen LogP contribution in [0.5, 0.6) is 0 Å². The lowest BCUT2D eigenvalue weighted by atomic mass is 10.1. The van der Waals surface area contributed by atoms with E-state index in [4.69, 9.17) is 4.74 Å². The molecule has 0 saturated carbocycles. The summed E-state index contributed by atoms with van der Waals surface area (Å²) in [4.78, 5) is 0. The van der Waals surface area contributed by atoms with Gasteiger partial charge in [-0.3, -0.25) is 5.32 Å². The monoisotopic (exact) mass is 159 g/mol. The van der Waals surface area contributed by atoms with Crippen molar-refractivity contribution in [3.63, 3.8) is 0 Å². The van der Waals surface area contributed by atoms with Crippen LogP contribution in [-0.2, 0) is 4.74 Å². The Morgan fingerprint density at radius 3 is 3.00 bits per heavy atom. The molecule has 66 valence electrons. The van der Waals surface area contributed by atoms with Crippen LogP contribution in [0.2, 0.25) is 0 Å². The number of nitrogens with one attached hydrogen (secondary N) is 1. The third-order valence-electron chi connectivity index (χ3n) is 1.98. The molecule has 2 N–H and O–H groups in total.